The number of amides is 1. The Balaban J connectivity index is 2.83. The number of nitrogens with two attached hydrogens (primary N) is 1. The van der Waals surface area contributed by atoms with Gasteiger partial charge in [0, 0.05) is 12.1 Å². The van der Waals surface area contributed by atoms with E-state index in [0.717, 1.165) is 12.1 Å². The lowest BCUT2D eigenvalue weighted by atomic mass is 10.2. The Morgan fingerprint density at radius 1 is 1.39 bits per heavy atom. The fourth-order valence-electron chi connectivity index (χ4n) is 1.31. The van der Waals surface area contributed by atoms with Crippen LogP contribution in [0.15, 0.2) is 18.2 Å². The first-order valence-corrected chi connectivity index (χ1v) is 5.59. The maximum absolute atomic E-state index is 12.6. The fraction of sp³-hybridized carbons (Fsp3) is 0.364. The molecule has 3 nitrogen and oxygen atoms in total. The van der Waals surface area contributed by atoms with Gasteiger partial charge in [0.25, 0.3) is 0 Å². The number of hydrogen-bond donors (Lipinski definition) is 2. The minimum absolute atomic E-state index is 0.0637. The van der Waals surface area contributed by atoms with Crippen LogP contribution in [-0.2, 0) is 11.0 Å². The van der Waals surface area contributed by atoms with E-state index >= 15 is 0 Å². The van der Waals surface area contributed by atoms with Gasteiger partial charge in [-0.15, -0.1) is 0 Å². The van der Waals surface area contributed by atoms with E-state index < -0.39 is 16.8 Å². The largest absolute Gasteiger partial charge is 0.417 e. The summed E-state index contributed by atoms with van der Waals surface area (Å²) in [5.41, 5.74) is 4.32. The van der Waals surface area contributed by atoms with Crippen molar-refractivity contribution in [3.05, 3.63) is 28.8 Å². The molecule has 0 aliphatic heterocycles. The second-order valence-corrected chi connectivity index (χ2v) is 4.04. The molecule has 1 aromatic carbocycles. The van der Waals surface area contributed by atoms with Crippen LogP contribution in [0.25, 0.3) is 0 Å². The number of alkyl halides is 3. The highest BCUT2D eigenvalue weighted by molar-refractivity contribution is 6.31. The van der Waals surface area contributed by atoms with Crippen molar-refractivity contribution in [1.82, 2.24) is 0 Å². The SMILES string of the molecule is NCCCC(=O)Nc1ccc(Cl)c(C(F)(F)F)c1. The standard InChI is InChI=1S/C11H12ClF3N2O/c12-9-4-3-7(6-8(9)11(13,14)15)17-10(18)2-1-5-16/h3-4,6H,1-2,5,16H2,(H,17,18). The zero-order chi connectivity index (χ0) is 13.8. The molecule has 0 fully saturated rings. The molecule has 0 saturated carbocycles. The van der Waals surface area contributed by atoms with Crippen LogP contribution < -0.4 is 11.1 Å². The van der Waals surface area contributed by atoms with E-state index in [0.29, 0.717) is 13.0 Å². The zero-order valence-corrected chi connectivity index (χ0v) is 10.1. The molecule has 0 aliphatic carbocycles. The van der Waals surface area contributed by atoms with Crippen LogP contribution in [0.1, 0.15) is 18.4 Å². The van der Waals surface area contributed by atoms with Gasteiger partial charge < -0.3 is 11.1 Å². The van der Waals surface area contributed by atoms with Crippen LogP contribution in [0, 0.1) is 0 Å². The lowest BCUT2D eigenvalue weighted by molar-refractivity contribution is -0.137. The van der Waals surface area contributed by atoms with Crippen molar-refractivity contribution in [3.63, 3.8) is 0 Å². The molecule has 1 rings (SSSR count). The summed E-state index contributed by atoms with van der Waals surface area (Å²) in [7, 11) is 0. The van der Waals surface area contributed by atoms with Crippen LogP contribution >= 0.6 is 11.6 Å². The van der Waals surface area contributed by atoms with Crippen molar-refractivity contribution in [1.29, 1.82) is 0 Å². The summed E-state index contributed by atoms with van der Waals surface area (Å²) in [6.07, 6.45) is -3.90. The van der Waals surface area contributed by atoms with E-state index in [1.165, 1.54) is 6.07 Å². The molecule has 18 heavy (non-hydrogen) atoms. The summed E-state index contributed by atoms with van der Waals surface area (Å²) < 4.78 is 37.7. The molecule has 0 radical (unpaired) electrons. The predicted molar refractivity (Wildman–Crippen MR) is 63.4 cm³/mol. The quantitative estimate of drug-likeness (QED) is 0.891. The highest BCUT2D eigenvalue weighted by atomic mass is 35.5. The summed E-state index contributed by atoms with van der Waals surface area (Å²) in [6.45, 7) is 0.349. The topological polar surface area (TPSA) is 55.1 Å². The number of rotatable bonds is 4. The molecular weight excluding hydrogens is 269 g/mol. The monoisotopic (exact) mass is 280 g/mol. The molecular formula is C11H12ClF3N2O. The minimum Gasteiger partial charge on any atom is -0.330 e. The molecule has 0 bridgehead atoms. The first kappa shape index (κ1) is 14.8. The average Bonchev–Trinajstić information content (AvgIpc) is 2.27. The molecule has 0 saturated heterocycles. The van der Waals surface area contributed by atoms with E-state index in [1.54, 1.807) is 0 Å². The third-order valence-corrected chi connectivity index (χ3v) is 2.49. The summed E-state index contributed by atoms with van der Waals surface area (Å²) in [4.78, 5) is 11.3. The van der Waals surface area contributed by atoms with E-state index in [-0.39, 0.29) is 18.0 Å². The van der Waals surface area contributed by atoms with E-state index in [1.807, 2.05) is 0 Å². The number of carbonyl (C=O) groups is 1. The second-order valence-electron chi connectivity index (χ2n) is 3.63. The van der Waals surface area contributed by atoms with Crippen LogP contribution in [0.3, 0.4) is 0 Å². The number of benzene rings is 1. The molecule has 1 amide bonds. The van der Waals surface area contributed by atoms with Gasteiger partial charge in [0.15, 0.2) is 0 Å². The molecule has 0 heterocycles. The van der Waals surface area contributed by atoms with Crippen LogP contribution in [0.4, 0.5) is 18.9 Å². The van der Waals surface area contributed by atoms with E-state index in [2.05, 4.69) is 5.32 Å². The third-order valence-electron chi connectivity index (χ3n) is 2.16. The molecule has 100 valence electrons. The molecule has 0 spiro atoms. The maximum atomic E-state index is 12.6. The predicted octanol–water partition coefficient (Wildman–Crippen LogP) is 3.04. The van der Waals surface area contributed by atoms with E-state index in [4.69, 9.17) is 17.3 Å². The van der Waals surface area contributed by atoms with Gasteiger partial charge in [-0.2, -0.15) is 13.2 Å². The molecule has 0 unspecified atom stereocenters. The van der Waals surface area contributed by atoms with Crippen molar-refractivity contribution < 1.29 is 18.0 Å². The molecule has 0 atom stereocenters. The Morgan fingerprint density at radius 2 is 2.06 bits per heavy atom. The van der Waals surface area contributed by atoms with Crippen molar-refractivity contribution in [2.75, 3.05) is 11.9 Å². The fourth-order valence-corrected chi connectivity index (χ4v) is 1.53. The summed E-state index contributed by atoms with van der Waals surface area (Å²) in [5.74, 6) is -0.379. The highest BCUT2D eigenvalue weighted by Gasteiger charge is 2.33. The Hall–Kier alpha value is -1.27. The Kier molecular flexibility index (Phi) is 4.98. The van der Waals surface area contributed by atoms with Crippen molar-refractivity contribution in [3.8, 4) is 0 Å². The Labute approximate surface area is 107 Å². The lowest BCUT2D eigenvalue weighted by Gasteiger charge is -2.11. The number of anilines is 1. The normalized spacial score (nSPS) is 11.4. The van der Waals surface area contributed by atoms with Crippen molar-refractivity contribution >= 4 is 23.2 Å². The second kappa shape index (κ2) is 6.06. The van der Waals surface area contributed by atoms with Gasteiger partial charge >= 0.3 is 6.18 Å². The molecule has 0 aliphatic rings. The molecule has 0 aromatic heterocycles. The molecule has 7 heteroatoms. The van der Waals surface area contributed by atoms with E-state index in [9.17, 15) is 18.0 Å². The zero-order valence-electron chi connectivity index (χ0n) is 9.35. The first-order valence-electron chi connectivity index (χ1n) is 5.21. The number of hydrogen-bond acceptors (Lipinski definition) is 2. The highest BCUT2D eigenvalue weighted by Crippen LogP contribution is 2.36. The number of nitrogens with one attached hydrogen (secondary N) is 1. The third kappa shape index (κ3) is 4.19. The van der Waals surface area contributed by atoms with Gasteiger partial charge in [-0.3, -0.25) is 4.79 Å². The Morgan fingerprint density at radius 3 is 2.61 bits per heavy atom. The van der Waals surface area contributed by atoms with Gasteiger partial charge in [-0.05, 0) is 31.2 Å². The summed E-state index contributed by atoms with van der Waals surface area (Å²) in [6, 6.07) is 3.23. The minimum atomic E-state index is -4.55. The summed E-state index contributed by atoms with van der Waals surface area (Å²) >= 11 is 5.45. The number of carbonyl (C=O) groups excluding carboxylic acids is 1. The van der Waals surface area contributed by atoms with Crippen molar-refractivity contribution in [2.45, 2.75) is 19.0 Å². The molecule has 3 N–H and O–H groups in total. The maximum Gasteiger partial charge on any atom is 0.417 e. The first-order chi connectivity index (χ1) is 8.34. The van der Waals surface area contributed by atoms with Crippen LogP contribution in [-0.4, -0.2) is 12.5 Å². The average molecular weight is 281 g/mol. The Bertz CT molecular complexity index is 435. The lowest BCUT2D eigenvalue weighted by Crippen LogP contribution is -2.14. The van der Waals surface area contributed by atoms with Crippen LogP contribution in [0.2, 0.25) is 5.02 Å². The van der Waals surface area contributed by atoms with Gasteiger partial charge in [0.1, 0.15) is 0 Å². The van der Waals surface area contributed by atoms with Crippen molar-refractivity contribution in [2.24, 2.45) is 5.73 Å². The van der Waals surface area contributed by atoms with Gasteiger partial charge in [-0.25, -0.2) is 0 Å². The van der Waals surface area contributed by atoms with Gasteiger partial charge in [-0.1, -0.05) is 11.6 Å². The summed E-state index contributed by atoms with van der Waals surface area (Å²) in [5, 5.41) is 1.96. The molecule has 1 aromatic rings. The van der Waals surface area contributed by atoms with Crippen LogP contribution in [0.5, 0.6) is 0 Å². The number of halogens is 4. The van der Waals surface area contributed by atoms with Gasteiger partial charge in [0.2, 0.25) is 5.91 Å². The van der Waals surface area contributed by atoms with Gasteiger partial charge in [0.05, 0.1) is 10.6 Å². The smallest absolute Gasteiger partial charge is 0.330 e.